The number of carbonyl (C=O) groups is 2. The number of nitrogens with zero attached hydrogens (tertiary/aromatic N) is 2. The van der Waals surface area contributed by atoms with E-state index in [1.54, 1.807) is 61.5 Å². The first kappa shape index (κ1) is 34.6. The third kappa shape index (κ3) is 9.04. The van der Waals surface area contributed by atoms with Gasteiger partial charge in [-0.05, 0) is 99.7 Å². The highest BCUT2D eigenvalue weighted by atomic mass is 35.5. The molecule has 1 N–H and O–H groups in total. The van der Waals surface area contributed by atoms with Crippen LogP contribution in [-0.2, 0) is 26.2 Å². The van der Waals surface area contributed by atoms with Gasteiger partial charge < -0.3 is 15.0 Å². The molecule has 0 unspecified atom stereocenters. The summed E-state index contributed by atoms with van der Waals surface area (Å²) in [6, 6.07) is 16.8. The molecular formula is C31H37Cl2N3O5S2. The second kappa shape index (κ2) is 15.7. The molecule has 2 amide bonds. The van der Waals surface area contributed by atoms with Crippen molar-refractivity contribution in [1.29, 1.82) is 0 Å². The Bertz CT molecular complexity index is 1500. The first-order valence-electron chi connectivity index (χ1n) is 13.8. The van der Waals surface area contributed by atoms with Crippen LogP contribution in [0.5, 0.6) is 5.75 Å². The average molecular weight is 667 g/mol. The van der Waals surface area contributed by atoms with Gasteiger partial charge in [-0.3, -0.25) is 13.9 Å². The summed E-state index contributed by atoms with van der Waals surface area (Å²) in [7, 11) is -4.20. The summed E-state index contributed by atoms with van der Waals surface area (Å²) in [5, 5.41) is 3.66. The molecule has 0 radical (unpaired) electrons. The molecule has 0 saturated carbocycles. The standard InChI is InChI=1S/C31H37Cl2N3O5S2/c1-6-21(3)34-31(38)22(4)35(19-23-8-9-24(32)18-29(23)33)30(37)20-36(25-10-12-26(13-11-25)41-7-2)43(39,40)28-16-14-27(42-5)15-17-28/h8-18,21-22H,6-7,19-20H2,1-5H3,(H,34,38)/t21-,22+/m0/s1. The maximum atomic E-state index is 14.1. The zero-order valence-corrected chi connectivity index (χ0v) is 28.0. The fourth-order valence-corrected chi connectivity index (χ4v) is 6.45. The van der Waals surface area contributed by atoms with Crippen LogP contribution in [0.2, 0.25) is 10.0 Å². The van der Waals surface area contributed by atoms with E-state index in [-0.39, 0.29) is 29.1 Å². The molecule has 3 aromatic carbocycles. The van der Waals surface area contributed by atoms with E-state index < -0.39 is 28.5 Å². The van der Waals surface area contributed by atoms with Gasteiger partial charge in [-0.25, -0.2) is 8.42 Å². The van der Waals surface area contributed by atoms with Crippen molar-refractivity contribution in [3.05, 3.63) is 82.3 Å². The molecule has 0 saturated heterocycles. The van der Waals surface area contributed by atoms with Crippen molar-refractivity contribution in [2.24, 2.45) is 0 Å². The molecule has 0 aliphatic carbocycles. The highest BCUT2D eigenvalue weighted by Gasteiger charge is 2.33. The topological polar surface area (TPSA) is 96.0 Å². The van der Waals surface area contributed by atoms with Crippen molar-refractivity contribution in [2.45, 2.75) is 62.5 Å². The largest absolute Gasteiger partial charge is 0.494 e. The number of ether oxygens (including phenoxy) is 1. The fourth-order valence-electron chi connectivity index (χ4n) is 4.16. The Labute approximate surface area is 268 Å². The zero-order valence-electron chi connectivity index (χ0n) is 24.8. The molecule has 0 aliphatic rings. The lowest BCUT2D eigenvalue weighted by Crippen LogP contribution is -2.52. The summed E-state index contributed by atoms with van der Waals surface area (Å²) in [4.78, 5) is 29.6. The number of thioether (sulfide) groups is 1. The van der Waals surface area contributed by atoms with Crippen LogP contribution in [0.15, 0.2) is 76.5 Å². The number of sulfonamides is 1. The first-order chi connectivity index (χ1) is 20.4. The summed E-state index contributed by atoms with van der Waals surface area (Å²) in [6.45, 7) is 7.11. The van der Waals surface area contributed by atoms with Crippen LogP contribution in [0, 0.1) is 0 Å². The van der Waals surface area contributed by atoms with Crippen molar-refractivity contribution in [3.8, 4) is 5.75 Å². The van der Waals surface area contributed by atoms with E-state index >= 15 is 0 Å². The number of amides is 2. The van der Waals surface area contributed by atoms with Crippen LogP contribution in [0.25, 0.3) is 0 Å². The fraction of sp³-hybridized carbons (Fsp3) is 0.355. The molecule has 232 valence electrons. The quantitative estimate of drug-likeness (QED) is 0.194. The molecule has 0 fully saturated rings. The number of hydrogen-bond donors (Lipinski definition) is 1. The Morgan fingerprint density at radius 3 is 2.19 bits per heavy atom. The highest BCUT2D eigenvalue weighted by molar-refractivity contribution is 7.98. The lowest BCUT2D eigenvalue weighted by atomic mass is 10.1. The summed E-state index contributed by atoms with van der Waals surface area (Å²) >= 11 is 14.0. The molecule has 43 heavy (non-hydrogen) atoms. The minimum atomic E-state index is -4.20. The van der Waals surface area contributed by atoms with Gasteiger partial charge in [0.2, 0.25) is 11.8 Å². The molecular weight excluding hydrogens is 629 g/mol. The second-order valence-corrected chi connectivity index (χ2v) is 13.5. The molecule has 2 atom stereocenters. The maximum absolute atomic E-state index is 14.1. The number of halogens is 2. The van der Waals surface area contributed by atoms with Gasteiger partial charge in [0.25, 0.3) is 10.0 Å². The van der Waals surface area contributed by atoms with E-state index in [1.165, 1.54) is 28.8 Å². The van der Waals surface area contributed by atoms with Crippen LogP contribution in [0.4, 0.5) is 5.69 Å². The second-order valence-electron chi connectivity index (χ2n) is 9.87. The number of rotatable bonds is 14. The predicted molar refractivity (Wildman–Crippen MR) is 175 cm³/mol. The average Bonchev–Trinajstić information content (AvgIpc) is 2.99. The normalized spacial score (nSPS) is 12.7. The molecule has 0 bridgehead atoms. The number of anilines is 1. The van der Waals surface area contributed by atoms with E-state index in [4.69, 9.17) is 27.9 Å². The molecule has 12 heteroatoms. The molecule has 3 aromatic rings. The van der Waals surface area contributed by atoms with Gasteiger partial charge in [-0.1, -0.05) is 36.2 Å². The molecule has 8 nitrogen and oxygen atoms in total. The molecule has 0 heterocycles. The Kier molecular flexibility index (Phi) is 12.6. The molecule has 0 aromatic heterocycles. The van der Waals surface area contributed by atoms with Crippen molar-refractivity contribution in [1.82, 2.24) is 10.2 Å². The Morgan fingerprint density at radius 1 is 0.977 bits per heavy atom. The van der Waals surface area contributed by atoms with Crippen LogP contribution in [0.1, 0.15) is 39.7 Å². The smallest absolute Gasteiger partial charge is 0.264 e. The van der Waals surface area contributed by atoms with Gasteiger partial charge in [-0.15, -0.1) is 11.8 Å². The van der Waals surface area contributed by atoms with Gasteiger partial charge in [-0.2, -0.15) is 0 Å². The highest BCUT2D eigenvalue weighted by Crippen LogP contribution is 2.29. The minimum absolute atomic E-state index is 0.0295. The van der Waals surface area contributed by atoms with Gasteiger partial charge >= 0.3 is 0 Å². The molecule has 0 spiro atoms. The van der Waals surface area contributed by atoms with Gasteiger partial charge in [0.1, 0.15) is 18.3 Å². The SMILES string of the molecule is CCOc1ccc(N(CC(=O)N(Cc2ccc(Cl)cc2Cl)[C@H](C)C(=O)N[C@@H](C)CC)S(=O)(=O)c2ccc(SC)cc2)cc1. The number of benzene rings is 3. The van der Waals surface area contributed by atoms with Gasteiger partial charge in [0.15, 0.2) is 0 Å². The van der Waals surface area contributed by atoms with Crippen LogP contribution in [0.3, 0.4) is 0 Å². The van der Waals surface area contributed by atoms with E-state index in [0.29, 0.717) is 34.4 Å². The lowest BCUT2D eigenvalue weighted by molar-refractivity contribution is -0.139. The summed E-state index contributed by atoms with van der Waals surface area (Å²) in [6.07, 6.45) is 2.60. The zero-order chi connectivity index (χ0) is 31.7. The van der Waals surface area contributed by atoms with Gasteiger partial charge in [0, 0.05) is 27.5 Å². The number of carbonyl (C=O) groups excluding carboxylic acids is 2. The van der Waals surface area contributed by atoms with Crippen molar-refractivity contribution < 1.29 is 22.7 Å². The Hall–Kier alpha value is -2.92. The lowest BCUT2D eigenvalue weighted by Gasteiger charge is -2.32. The van der Waals surface area contributed by atoms with E-state index in [0.717, 1.165) is 9.20 Å². The van der Waals surface area contributed by atoms with E-state index in [1.807, 2.05) is 27.0 Å². The summed E-state index contributed by atoms with van der Waals surface area (Å²) in [5.41, 5.74) is 0.831. The van der Waals surface area contributed by atoms with Crippen molar-refractivity contribution >= 4 is 62.5 Å². The van der Waals surface area contributed by atoms with Crippen LogP contribution in [-0.4, -0.2) is 56.6 Å². The van der Waals surface area contributed by atoms with Crippen LogP contribution < -0.4 is 14.4 Å². The monoisotopic (exact) mass is 665 g/mol. The van der Waals surface area contributed by atoms with E-state index in [9.17, 15) is 18.0 Å². The van der Waals surface area contributed by atoms with E-state index in [2.05, 4.69) is 5.32 Å². The predicted octanol–water partition coefficient (Wildman–Crippen LogP) is 6.64. The third-order valence-corrected chi connectivity index (χ3v) is 10.0. The Morgan fingerprint density at radius 2 is 1.63 bits per heavy atom. The van der Waals surface area contributed by atoms with Crippen molar-refractivity contribution in [3.63, 3.8) is 0 Å². The van der Waals surface area contributed by atoms with Gasteiger partial charge in [0.05, 0.1) is 17.2 Å². The summed E-state index contributed by atoms with van der Waals surface area (Å²) in [5.74, 6) is -0.388. The molecule has 0 aliphatic heterocycles. The summed E-state index contributed by atoms with van der Waals surface area (Å²) < 4.78 is 34.7. The molecule has 3 rings (SSSR count). The van der Waals surface area contributed by atoms with Crippen molar-refractivity contribution in [2.75, 3.05) is 23.7 Å². The first-order valence-corrected chi connectivity index (χ1v) is 17.3. The Balaban J connectivity index is 2.06. The number of hydrogen-bond acceptors (Lipinski definition) is 6. The number of nitrogens with one attached hydrogen (secondary N) is 1. The minimum Gasteiger partial charge on any atom is -0.494 e. The third-order valence-electron chi connectivity index (χ3n) is 6.89. The maximum Gasteiger partial charge on any atom is 0.264 e. The van der Waals surface area contributed by atoms with Crippen LogP contribution >= 0.6 is 35.0 Å².